The van der Waals surface area contributed by atoms with Gasteiger partial charge in [0.25, 0.3) is 0 Å². The maximum atomic E-state index is 5.53. The molecule has 70 valence electrons. The highest BCUT2D eigenvalue weighted by molar-refractivity contribution is 9.10. The van der Waals surface area contributed by atoms with Gasteiger partial charge in [-0.25, -0.2) is 0 Å². The Morgan fingerprint density at radius 2 is 2.15 bits per heavy atom. The molecule has 0 nitrogen and oxygen atoms in total. The number of hydrogen-bond donors (Lipinski definition) is 0. The summed E-state index contributed by atoms with van der Waals surface area (Å²) in [6.45, 7) is 2.10. The van der Waals surface area contributed by atoms with Crippen LogP contribution in [0.5, 0.6) is 0 Å². The zero-order valence-electron chi connectivity index (χ0n) is 7.56. The van der Waals surface area contributed by atoms with Gasteiger partial charge in [0.15, 0.2) is 0 Å². The largest absolute Gasteiger partial charge is 0.122 e. The maximum absolute atomic E-state index is 5.53. The Bertz CT molecular complexity index is 305. The molecule has 1 rings (SSSR count). The number of aryl methyl sites for hydroxylation is 1. The van der Waals surface area contributed by atoms with Crippen LogP contribution >= 0.6 is 27.5 Å². The second-order valence-corrected chi connectivity index (χ2v) is 4.08. The quantitative estimate of drug-likeness (QED) is 0.566. The molecule has 2 heteroatoms. The normalized spacial score (nSPS) is 11.0. The van der Waals surface area contributed by atoms with E-state index in [1.54, 1.807) is 0 Å². The molecular formula is C11H12BrCl. The highest BCUT2D eigenvalue weighted by Crippen LogP contribution is 2.17. The minimum atomic E-state index is 0.593. The van der Waals surface area contributed by atoms with Gasteiger partial charge in [0.1, 0.15) is 0 Å². The van der Waals surface area contributed by atoms with Gasteiger partial charge in [-0.3, -0.25) is 0 Å². The highest BCUT2D eigenvalue weighted by Gasteiger charge is 1.94. The van der Waals surface area contributed by atoms with E-state index in [4.69, 9.17) is 11.6 Å². The number of halogens is 2. The third-order valence-corrected chi connectivity index (χ3v) is 2.90. The molecule has 0 aliphatic carbocycles. The summed E-state index contributed by atoms with van der Waals surface area (Å²) >= 11 is 9.00. The number of alkyl halides is 1. The SMILES string of the molecule is Cc1cc(C/C=C/CCl)ccc1Br. The fraction of sp³-hybridized carbons (Fsp3) is 0.273. The Morgan fingerprint density at radius 3 is 2.77 bits per heavy atom. The molecule has 13 heavy (non-hydrogen) atoms. The average Bonchev–Trinajstić information content (AvgIpc) is 2.12. The third kappa shape index (κ3) is 3.53. The molecule has 0 bridgehead atoms. The summed E-state index contributed by atoms with van der Waals surface area (Å²) in [5, 5.41) is 0. The zero-order chi connectivity index (χ0) is 9.68. The zero-order valence-corrected chi connectivity index (χ0v) is 9.90. The monoisotopic (exact) mass is 258 g/mol. The summed E-state index contributed by atoms with van der Waals surface area (Å²) in [6, 6.07) is 6.39. The number of rotatable bonds is 3. The first-order valence-corrected chi connectivity index (χ1v) is 5.53. The van der Waals surface area contributed by atoms with Crippen molar-refractivity contribution in [3.8, 4) is 0 Å². The second-order valence-electron chi connectivity index (χ2n) is 2.91. The molecule has 1 aromatic carbocycles. The van der Waals surface area contributed by atoms with E-state index >= 15 is 0 Å². The fourth-order valence-corrected chi connectivity index (χ4v) is 1.49. The first-order chi connectivity index (χ1) is 6.24. The van der Waals surface area contributed by atoms with Gasteiger partial charge in [0.2, 0.25) is 0 Å². The van der Waals surface area contributed by atoms with Crippen molar-refractivity contribution in [2.75, 3.05) is 5.88 Å². The molecule has 0 saturated carbocycles. The van der Waals surface area contributed by atoms with E-state index in [-0.39, 0.29) is 0 Å². The number of allylic oxidation sites excluding steroid dienone is 2. The van der Waals surface area contributed by atoms with Crippen LogP contribution in [-0.4, -0.2) is 5.88 Å². The van der Waals surface area contributed by atoms with Gasteiger partial charge in [-0.2, -0.15) is 0 Å². The van der Waals surface area contributed by atoms with Crippen LogP contribution in [0.25, 0.3) is 0 Å². The second kappa shape index (κ2) is 5.46. The van der Waals surface area contributed by atoms with Crippen molar-refractivity contribution < 1.29 is 0 Å². The molecule has 0 fully saturated rings. The van der Waals surface area contributed by atoms with Gasteiger partial charge in [0.05, 0.1) is 0 Å². The van der Waals surface area contributed by atoms with E-state index in [0.717, 1.165) is 10.9 Å². The summed E-state index contributed by atoms with van der Waals surface area (Å²) in [5.74, 6) is 0.593. The van der Waals surface area contributed by atoms with Crippen molar-refractivity contribution >= 4 is 27.5 Å². The van der Waals surface area contributed by atoms with Crippen LogP contribution in [0, 0.1) is 6.92 Å². The molecule has 0 N–H and O–H groups in total. The van der Waals surface area contributed by atoms with Crippen LogP contribution in [0.1, 0.15) is 11.1 Å². The van der Waals surface area contributed by atoms with E-state index in [9.17, 15) is 0 Å². The Balaban J connectivity index is 2.68. The summed E-state index contributed by atoms with van der Waals surface area (Å²) in [6.07, 6.45) is 5.02. The third-order valence-electron chi connectivity index (χ3n) is 1.83. The minimum Gasteiger partial charge on any atom is -0.122 e. The number of benzene rings is 1. The van der Waals surface area contributed by atoms with Crippen molar-refractivity contribution in [2.24, 2.45) is 0 Å². The molecule has 0 aliphatic rings. The predicted molar refractivity (Wildman–Crippen MR) is 62.4 cm³/mol. The molecule has 1 aromatic rings. The Kier molecular flexibility index (Phi) is 4.54. The molecule has 0 heterocycles. The standard InChI is InChI=1S/C11H12BrCl/c1-9-8-10(4-2-3-7-13)5-6-11(9)12/h2-3,5-6,8H,4,7H2,1H3/b3-2+. The van der Waals surface area contributed by atoms with Crippen LogP contribution in [0.2, 0.25) is 0 Å². The first-order valence-electron chi connectivity index (χ1n) is 4.20. The lowest BCUT2D eigenvalue weighted by molar-refractivity contribution is 1.23. The lowest BCUT2D eigenvalue weighted by Gasteiger charge is -2.00. The Morgan fingerprint density at radius 1 is 1.38 bits per heavy atom. The summed E-state index contributed by atoms with van der Waals surface area (Å²) in [4.78, 5) is 0. The van der Waals surface area contributed by atoms with Crippen molar-refractivity contribution in [3.05, 3.63) is 46.0 Å². The van der Waals surface area contributed by atoms with Gasteiger partial charge in [-0.15, -0.1) is 11.6 Å². The van der Waals surface area contributed by atoms with Crippen LogP contribution in [0.4, 0.5) is 0 Å². The summed E-state index contributed by atoms with van der Waals surface area (Å²) in [7, 11) is 0. The van der Waals surface area contributed by atoms with Crippen LogP contribution in [0.15, 0.2) is 34.8 Å². The van der Waals surface area contributed by atoms with Gasteiger partial charge in [0, 0.05) is 10.4 Å². The molecule has 0 radical (unpaired) electrons. The molecule has 0 aliphatic heterocycles. The Hall–Kier alpha value is -0.270. The molecule has 0 aromatic heterocycles. The molecule has 0 amide bonds. The first kappa shape index (κ1) is 10.8. The molecular weight excluding hydrogens is 247 g/mol. The van der Waals surface area contributed by atoms with Gasteiger partial charge < -0.3 is 0 Å². The Labute approximate surface area is 92.7 Å². The summed E-state index contributed by atoms with van der Waals surface area (Å²) in [5.41, 5.74) is 2.60. The minimum absolute atomic E-state index is 0.593. The van der Waals surface area contributed by atoms with E-state index in [2.05, 4.69) is 47.1 Å². The lowest BCUT2D eigenvalue weighted by Crippen LogP contribution is -1.83. The number of hydrogen-bond acceptors (Lipinski definition) is 0. The summed E-state index contributed by atoms with van der Waals surface area (Å²) < 4.78 is 1.16. The average molecular weight is 260 g/mol. The molecule has 0 saturated heterocycles. The van der Waals surface area contributed by atoms with E-state index in [1.807, 2.05) is 6.08 Å². The van der Waals surface area contributed by atoms with Crippen molar-refractivity contribution in [2.45, 2.75) is 13.3 Å². The predicted octanol–water partition coefficient (Wildman–Crippen LogP) is 4.10. The smallest absolute Gasteiger partial charge is 0.0404 e. The van der Waals surface area contributed by atoms with E-state index in [0.29, 0.717) is 5.88 Å². The van der Waals surface area contributed by atoms with E-state index < -0.39 is 0 Å². The van der Waals surface area contributed by atoms with Crippen LogP contribution in [0.3, 0.4) is 0 Å². The van der Waals surface area contributed by atoms with Gasteiger partial charge in [-0.1, -0.05) is 40.2 Å². The van der Waals surface area contributed by atoms with Crippen molar-refractivity contribution in [1.29, 1.82) is 0 Å². The fourth-order valence-electron chi connectivity index (χ4n) is 1.12. The maximum Gasteiger partial charge on any atom is 0.0404 e. The highest BCUT2D eigenvalue weighted by atomic mass is 79.9. The van der Waals surface area contributed by atoms with Gasteiger partial charge >= 0.3 is 0 Å². The topological polar surface area (TPSA) is 0 Å². The van der Waals surface area contributed by atoms with Gasteiger partial charge in [-0.05, 0) is 30.5 Å². The molecule has 0 unspecified atom stereocenters. The molecule has 0 atom stereocenters. The molecule has 0 spiro atoms. The van der Waals surface area contributed by atoms with Crippen LogP contribution < -0.4 is 0 Å². The van der Waals surface area contributed by atoms with Crippen molar-refractivity contribution in [3.63, 3.8) is 0 Å². The van der Waals surface area contributed by atoms with Crippen molar-refractivity contribution in [1.82, 2.24) is 0 Å². The van der Waals surface area contributed by atoms with Crippen LogP contribution in [-0.2, 0) is 6.42 Å². The lowest BCUT2D eigenvalue weighted by atomic mass is 10.1. The van der Waals surface area contributed by atoms with E-state index in [1.165, 1.54) is 11.1 Å².